The van der Waals surface area contributed by atoms with E-state index in [0.717, 1.165) is 6.42 Å². The highest BCUT2D eigenvalue weighted by Crippen LogP contribution is 2.38. The van der Waals surface area contributed by atoms with E-state index < -0.39 is 11.8 Å². The number of likely N-dealkylation sites (N-methyl/N-ethyl adjacent to an activating group) is 1. The lowest BCUT2D eigenvalue weighted by molar-refractivity contribution is -0.128. The summed E-state index contributed by atoms with van der Waals surface area (Å²) in [6, 6.07) is 3.27. The molecule has 1 aromatic carbocycles. The van der Waals surface area contributed by atoms with Crippen molar-refractivity contribution in [2.24, 2.45) is 0 Å². The molecule has 1 N–H and O–H groups in total. The number of rotatable bonds is 5. The topological polar surface area (TPSA) is 67.9 Å². The van der Waals surface area contributed by atoms with Crippen LogP contribution >= 0.6 is 23.8 Å². The van der Waals surface area contributed by atoms with Crippen molar-refractivity contribution in [2.45, 2.75) is 26.4 Å². The predicted molar refractivity (Wildman–Crippen MR) is 99.9 cm³/mol. The molecule has 1 fully saturated rings. The van der Waals surface area contributed by atoms with Crippen LogP contribution in [-0.2, 0) is 9.59 Å². The number of hydrogen-bond donors (Lipinski definition) is 1. The molecule has 1 aliphatic heterocycles. The summed E-state index contributed by atoms with van der Waals surface area (Å²) in [5.74, 6) is -0.183. The molecular formula is C17H19ClN2O4S. The van der Waals surface area contributed by atoms with Crippen molar-refractivity contribution in [3.8, 4) is 11.5 Å². The Labute approximate surface area is 156 Å². The number of nitrogens with zero attached hydrogens (tertiary/aromatic N) is 1. The number of nitrogens with one attached hydrogen (secondary N) is 1. The molecule has 2 rings (SSSR count). The third kappa shape index (κ3) is 4.11. The minimum atomic E-state index is -0.553. The van der Waals surface area contributed by atoms with E-state index in [9.17, 15) is 9.59 Å². The molecule has 25 heavy (non-hydrogen) atoms. The van der Waals surface area contributed by atoms with Crippen LogP contribution < -0.4 is 14.8 Å². The van der Waals surface area contributed by atoms with Gasteiger partial charge in [0, 0.05) is 7.05 Å². The zero-order valence-corrected chi connectivity index (χ0v) is 16.0. The Morgan fingerprint density at radius 1 is 1.40 bits per heavy atom. The Kier molecular flexibility index (Phi) is 6.02. The second kappa shape index (κ2) is 7.84. The van der Waals surface area contributed by atoms with E-state index >= 15 is 0 Å². The molecule has 8 heteroatoms. The SMILES string of the molecule is CC[C@H](C)Oc1c(Cl)cc(/C=C2/C(=O)NC(=S)N(C)C2=O)cc1OC. The summed E-state index contributed by atoms with van der Waals surface area (Å²) < 4.78 is 11.1. The van der Waals surface area contributed by atoms with E-state index in [2.05, 4.69) is 5.32 Å². The monoisotopic (exact) mass is 382 g/mol. The molecule has 1 heterocycles. The predicted octanol–water partition coefficient (Wildman–Crippen LogP) is 2.78. The summed E-state index contributed by atoms with van der Waals surface area (Å²) in [4.78, 5) is 25.5. The van der Waals surface area contributed by atoms with E-state index in [1.54, 1.807) is 12.1 Å². The third-order valence-corrected chi connectivity index (χ3v) is 4.42. The Balaban J connectivity index is 2.43. The van der Waals surface area contributed by atoms with Gasteiger partial charge in [-0.1, -0.05) is 18.5 Å². The first-order chi connectivity index (χ1) is 11.8. The first-order valence-electron chi connectivity index (χ1n) is 7.67. The minimum absolute atomic E-state index is 0.0315. The molecule has 1 aliphatic rings. The number of hydrogen-bond acceptors (Lipinski definition) is 5. The van der Waals surface area contributed by atoms with Gasteiger partial charge in [0.25, 0.3) is 11.8 Å². The Morgan fingerprint density at radius 2 is 2.08 bits per heavy atom. The van der Waals surface area contributed by atoms with Gasteiger partial charge in [0.1, 0.15) is 5.57 Å². The number of benzene rings is 1. The Bertz CT molecular complexity index is 763. The van der Waals surface area contributed by atoms with Crippen LogP contribution in [0.5, 0.6) is 11.5 Å². The first-order valence-corrected chi connectivity index (χ1v) is 8.46. The second-order valence-electron chi connectivity index (χ2n) is 5.55. The lowest BCUT2D eigenvalue weighted by Gasteiger charge is -2.25. The van der Waals surface area contributed by atoms with Crippen molar-refractivity contribution < 1.29 is 19.1 Å². The highest BCUT2D eigenvalue weighted by atomic mass is 35.5. The van der Waals surface area contributed by atoms with Crippen molar-refractivity contribution in [3.05, 3.63) is 28.3 Å². The standard InChI is InChI=1S/C17H19ClN2O4S/c1-5-9(2)24-14-12(18)7-10(8-13(14)23-4)6-11-15(21)19-17(25)20(3)16(11)22/h6-9H,5H2,1-4H3,(H,19,21,25)/b11-6-/t9-/m0/s1. The Morgan fingerprint density at radius 3 is 2.68 bits per heavy atom. The number of ether oxygens (including phenoxy) is 2. The van der Waals surface area contributed by atoms with E-state index in [4.69, 9.17) is 33.3 Å². The van der Waals surface area contributed by atoms with Crippen LogP contribution in [0.3, 0.4) is 0 Å². The number of carbonyl (C=O) groups is 2. The van der Waals surface area contributed by atoms with E-state index in [1.807, 2.05) is 13.8 Å². The zero-order valence-electron chi connectivity index (χ0n) is 14.4. The smallest absolute Gasteiger partial charge is 0.265 e. The second-order valence-corrected chi connectivity index (χ2v) is 6.35. The zero-order chi connectivity index (χ0) is 18.7. The molecule has 0 radical (unpaired) electrons. The van der Waals surface area contributed by atoms with Gasteiger partial charge in [-0.15, -0.1) is 0 Å². The maximum Gasteiger partial charge on any atom is 0.265 e. The van der Waals surface area contributed by atoms with E-state index in [0.29, 0.717) is 22.1 Å². The van der Waals surface area contributed by atoms with Crippen LogP contribution in [0.4, 0.5) is 0 Å². The third-order valence-electron chi connectivity index (χ3n) is 3.76. The number of thiocarbonyl (C=S) groups is 1. The van der Waals surface area contributed by atoms with Crippen LogP contribution in [0.25, 0.3) is 6.08 Å². The van der Waals surface area contributed by atoms with Crippen molar-refractivity contribution in [1.29, 1.82) is 0 Å². The average molecular weight is 383 g/mol. The molecular weight excluding hydrogens is 364 g/mol. The van der Waals surface area contributed by atoms with E-state index in [1.165, 1.54) is 25.1 Å². The number of methoxy groups -OCH3 is 1. The fraction of sp³-hybridized carbons (Fsp3) is 0.353. The van der Waals surface area contributed by atoms with Crippen molar-refractivity contribution in [1.82, 2.24) is 10.2 Å². The highest BCUT2D eigenvalue weighted by Gasteiger charge is 2.30. The van der Waals surface area contributed by atoms with Gasteiger partial charge in [-0.2, -0.15) is 0 Å². The summed E-state index contributed by atoms with van der Waals surface area (Å²) >= 11 is 11.2. The maximum absolute atomic E-state index is 12.3. The summed E-state index contributed by atoms with van der Waals surface area (Å²) in [7, 11) is 2.99. The molecule has 6 nitrogen and oxygen atoms in total. The van der Waals surface area contributed by atoms with Crippen LogP contribution in [0.1, 0.15) is 25.8 Å². The van der Waals surface area contributed by atoms with Gasteiger partial charge in [0.05, 0.1) is 18.2 Å². The molecule has 0 unspecified atom stereocenters. The van der Waals surface area contributed by atoms with Gasteiger partial charge >= 0.3 is 0 Å². The average Bonchev–Trinajstić information content (AvgIpc) is 2.58. The number of amides is 2. The van der Waals surface area contributed by atoms with Gasteiger partial charge in [-0.25, -0.2) is 0 Å². The molecule has 0 spiro atoms. The fourth-order valence-corrected chi connectivity index (χ4v) is 2.57. The molecule has 0 bridgehead atoms. The van der Waals surface area contributed by atoms with Crippen LogP contribution in [0.2, 0.25) is 5.02 Å². The van der Waals surface area contributed by atoms with Crippen LogP contribution in [0.15, 0.2) is 17.7 Å². The highest BCUT2D eigenvalue weighted by molar-refractivity contribution is 7.80. The van der Waals surface area contributed by atoms with Gasteiger partial charge in [-0.05, 0) is 49.3 Å². The normalized spacial score (nSPS) is 17.6. The van der Waals surface area contributed by atoms with Gasteiger partial charge in [0.2, 0.25) is 0 Å². The summed E-state index contributed by atoms with van der Waals surface area (Å²) in [6.45, 7) is 3.92. The number of halogens is 1. The molecule has 134 valence electrons. The largest absolute Gasteiger partial charge is 0.493 e. The van der Waals surface area contributed by atoms with Crippen molar-refractivity contribution in [2.75, 3.05) is 14.2 Å². The van der Waals surface area contributed by atoms with Crippen LogP contribution in [0, 0.1) is 0 Å². The summed E-state index contributed by atoms with van der Waals surface area (Å²) in [5, 5.41) is 2.86. The molecule has 2 amide bonds. The first kappa shape index (κ1) is 19.2. The molecule has 0 aromatic heterocycles. The van der Waals surface area contributed by atoms with Crippen LogP contribution in [-0.4, -0.2) is 42.1 Å². The van der Waals surface area contributed by atoms with E-state index in [-0.39, 0.29) is 16.8 Å². The van der Waals surface area contributed by atoms with Gasteiger partial charge in [0.15, 0.2) is 16.6 Å². The number of carbonyl (C=O) groups excluding carboxylic acids is 2. The Hall–Kier alpha value is -2.12. The molecule has 1 saturated heterocycles. The van der Waals surface area contributed by atoms with Crippen molar-refractivity contribution >= 4 is 46.8 Å². The van der Waals surface area contributed by atoms with Crippen molar-refractivity contribution in [3.63, 3.8) is 0 Å². The molecule has 1 aromatic rings. The summed E-state index contributed by atoms with van der Waals surface area (Å²) in [6.07, 6.45) is 2.22. The maximum atomic E-state index is 12.3. The lowest BCUT2D eigenvalue weighted by Crippen LogP contribution is -2.52. The molecule has 1 atom stereocenters. The summed E-state index contributed by atoms with van der Waals surface area (Å²) in [5.41, 5.74) is 0.503. The van der Waals surface area contributed by atoms with Gasteiger partial charge in [-0.3, -0.25) is 19.8 Å². The van der Waals surface area contributed by atoms with Gasteiger partial charge < -0.3 is 9.47 Å². The molecule has 0 saturated carbocycles. The fourth-order valence-electron chi connectivity index (χ4n) is 2.13. The molecule has 0 aliphatic carbocycles. The lowest BCUT2D eigenvalue weighted by atomic mass is 10.1. The quantitative estimate of drug-likeness (QED) is 0.482. The minimum Gasteiger partial charge on any atom is -0.493 e.